The highest BCUT2D eigenvalue weighted by atomic mass is 32.2. The Balaban J connectivity index is 4.18. The zero-order valence-electron chi connectivity index (χ0n) is 11.5. The molecule has 0 unspecified atom stereocenters. The van der Waals surface area contributed by atoms with Crippen LogP contribution in [-0.4, -0.2) is 49.6 Å². The predicted octanol–water partition coefficient (Wildman–Crippen LogP) is 0.220. The lowest BCUT2D eigenvalue weighted by Crippen LogP contribution is -2.47. The molecule has 1 atom stereocenters. The Morgan fingerprint density at radius 3 is 2.26 bits per heavy atom. The van der Waals surface area contributed by atoms with Gasteiger partial charge in [0.2, 0.25) is 0 Å². The number of amides is 2. The number of nitrogens with one attached hydrogen (secondary N) is 2. The van der Waals surface area contributed by atoms with Crippen molar-refractivity contribution in [3.8, 4) is 0 Å². The molecule has 0 heterocycles. The van der Waals surface area contributed by atoms with Gasteiger partial charge in [0.05, 0.1) is 5.75 Å². The standard InChI is InChI=1S/C11H22N2O5S/c1-4-19(17,18)6-5-12-11(16)13-9(10(14)15)7-8(2)3/h8-9H,4-7H2,1-3H3,(H,14,15)(H2,12,13,16)/t9-/m0/s1. The van der Waals surface area contributed by atoms with Crippen molar-refractivity contribution in [3.63, 3.8) is 0 Å². The lowest BCUT2D eigenvalue weighted by Gasteiger charge is -2.16. The molecule has 0 bridgehead atoms. The Hall–Kier alpha value is -1.31. The second-order valence-corrected chi connectivity index (χ2v) is 7.13. The predicted molar refractivity (Wildman–Crippen MR) is 71.7 cm³/mol. The smallest absolute Gasteiger partial charge is 0.326 e. The topological polar surface area (TPSA) is 113 Å². The van der Waals surface area contributed by atoms with E-state index in [9.17, 15) is 18.0 Å². The Labute approximate surface area is 113 Å². The summed E-state index contributed by atoms with van der Waals surface area (Å²) in [6.45, 7) is 5.20. The molecule has 0 aliphatic rings. The quantitative estimate of drug-likeness (QED) is 0.593. The molecule has 0 saturated heterocycles. The van der Waals surface area contributed by atoms with Crippen LogP contribution in [0.3, 0.4) is 0 Å². The van der Waals surface area contributed by atoms with Crippen molar-refractivity contribution in [1.82, 2.24) is 10.6 Å². The first-order valence-electron chi connectivity index (χ1n) is 6.15. The minimum Gasteiger partial charge on any atom is -0.480 e. The first-order valence-corrected chi connectivity index (χ1v) is 7.97. The second-order valence-electron chi connectivity index (χ2n) is 4.66. The Bertz CT molecular complexity index is 405. The molecule has 2 amide bonds. The van der Waals surface area contributed by atoms with Gasteiger partial charge in [0, 0.05) is 12.3 Å². The lowest BCUT2D eigenvalue weighted by atomic mass is 10.0. The molecule has 112 valence electrons. The average molecular weight is 294 g/mol. The molecule has 7 nitrogen and oxygen atoms in total. The molecular weight excluding hydrogens is 272 g/mol. The number of sulfone groups is 1. The number of hydrogen-bond donors (Lipinski definition) is 3. The number of urea groups is 1. The van der Waals surface area contributed by atoms with E-state index in [1.165, 1.54) is 6.92 Å². The highest BCUT2D eigenvalue weighted by Gasteiger charge is 2.21. The summed E-state index contributed by atoms with van der Waals surface area (Å²) in [6, 6.07) is -1.64. The molecule has 0 aliphatic carbocycles. The van der Waals surface area contributed by atoms with Gasteiger partial charge < -0.3 is 15.7 Å². The van der Waals surface area contributed by atoms with Crippen LogP contribution >= 0.6 is 0 Å². The van der Waals surface area contributed by atoms with Gasteiger partial charge >= 0.3 is 12.0 Å². The normalized spacial score (nSPS) is 13.1. The first-order chi connectivity index (χ1) is 8.68. The highest BCUT2D eigenvalue weighted by Crippen LogP contribution is 2.04. The van der Waals surface area contributed by atoms with E-state index in [-0.39, 0.29) is 24.0 Å². The summed E-state index contributed by atoms with van der Waals surface area (Å²) in [5, 5.41) is 13.6. The van der Waals surface area contributed by atoms with Crippen LogP contribution in [0.4, 0.5) is 4.79 Å². The van der Waals surface area contributed by atoms with Gasteiger partial charge in [0.1, 0.15) is 6.04 Å². The van der Waals surface area contributed by atoms with E-state index in [1.807, 2.05) is 13.8 Å². The van der Waals surface area contributed by atoms with Gasteiger partial charge in [-0.1, -0.05) is 20.8 Å². The molecule has 0 rings (SSSR count). The molecule has 8 heteroatoms. The van der Waals surface area contributed by atoms with Crippen molar-refractivity contribution >= 4 is 21.8 Å². The van der Waals surface area contributed by atoms with E-state index in [0.717, 1.165) is 0 Å². The molecule has 0 aromatic rings. The van der Waals surface area contributed by atoms with Crippen LogP contribution in [0.1, 0.15) is 27.2 Å². The van der Waals surface area contributed by atoms with Crippen LogP contribution < -0.4 is 10.6 Å². The fourth-order valence-corrected chi connectivity index (χ4v) is 2.07. The molecule has 0 aliphatic heterocycles. The lowest BCUT2D eigenvalue weighted by molar-refractivity contribution is -0.139. The van der Waals surface area contributed by atoms with Crippen molar-refractivity contribution in [2.75, 3.05) is 18.1 Å². The molecule has 0 spiro atoms. The van der Waals surface area contributed by atoms with E-state index >= 15 is 0 Å². The van der Waals surface area contributed by atoms with Crippen molar-refractivity contribution < 1.29 is 23.1 Å². The van der Waals surface area contributed by atoms with Gasteiger partial charge in [-0.05, 0) is 12.3 Å². The number of carbonyl (C=O) groups is 2. The van der Waals surface area contributed by atoms with Crippen LogP contribution in [0.15, 0.2) is 0 Å². The van der Waals surface area contributed by atoms with Gasteiger partial charge in [-0.25, -0.2) is 18.0 Å². The molecule has 0 fully saturated rings. The van der Waals surface area contributed by atoms with Crippen molar-refractivity contribution in [3.05, 3.63) is 0 Å². The third-order valence-electron chi connectivity index (χ3n) is 2.45. The van der Waals surface area contributed by atoms with Gasteiger partial charge in [0.15, 0.2) is 9.84 Å². The molecule has 3 N–H and O–H groups in total. The zero-order valence-corrected chi connectivity index (χ0v) is 12.3. The first kappa shape index (κ1) is 17.7. The summed E-state index contributed by atoms with van der Waals surface area (Å²) in [5.41, 5.74) is 0. The Morgan fingerprint density at radius 1 is 1.26 bits per heavy atom. The summed E-state index contributed by atoms with van der Waals surface area (Å²) in [5.74, 6) is -1.12. The van der Waals surface area contributed by atoms with E-state index in [1.54, 1.807) is 0 Å². The summed E-state index contributed by atoms with van der Waals surface area (Å²) in [7, 11) is -3.14. The fraction of sp³-hybridized carbons (Fsp3) is 0.818. The summed E-state index contributed by atoms with van der Waals surface area (Å²) in [4.78, 5) is 22.3. The maximum atomic E-state index is 11.4. The highest BCUT2D eigenvalue weighted by molar-refractivity contribution is 7.91. The summed E-state index contributed by atoms with van der Waals surface area (Å²) in [6.07, 6.45) is 0.315. The Kier molecular flexibility index (Phi) is 7.43. The van der Waals surface area contributed by atoms with Gasteiger partial charge in [0.25, 0.3) is 0 Å². The van der Waals surface area contributed by atoms with Gasteiger partial charge in [-0.15, -0.1) is 0 Å². The maximum Gasteiger partial charge on any atom is 0.326 e. The van der Waals surface area contributed by atoms with Crippen molar-refractivity contribution in [2.45, 2.75) is 33.2 Å². The number of rotatable bonds is 8. The van der Waals surface area contributed by atoms with Crippen LogP contribution in [0.25, 0.3) is 0 Å². The van der Waals surface area contributed by atoms with Crippen LogP contribution in [0.2, 0.25) is 0 Å². The van der Waals surface area contributed by atoms with Crippen LogP contribution in [0.5, 0.6) is 0 Å². The molecule has 0 saturated carbocycles. The SMILES string of the molecule is CCS(=O)(=O)CCNC(=O)N[C@@H](CC(C)C)C(=O)O. The number of aliphatic carboxylic acids is 1. The van der Waals surface area contributed by atoms with E-state index in [4.69, 9.17) is 5.11 Å². The van der Waals surface area contributed by atoms with E-state index in [2.05, 4.69) is 10.6 Å². The molecule has 19 heavy (non-hydrogen) atoms. The van der Waals surface area contributed by atoms with Crippen molar-refractivity contribution in [1.29, 1.82) is 0 Å². The maximum absolute atomic E-state index is 11.4. The third kappa shape index (κ3) is 8.41. The average Bonchev–Trinajstić information content (AvgIpc) is 2.27. The zero-order chi connectivity index (χ0) is 15.1. The van der Waals surface area contributed by atoms with Gasteiger partial charge in [-0.3, -0.25) is 0 Å². The third-order valence-corrected chi connectivity index (χ3v) is 4.15. The second kappa shape index (κ2) is 7.98. The fourth-order valence-electron chi connectivity index (χ4n) is 1.37. The monoisotopic (exact) mass is 294 g/mol. The van der Waals surface area contributed by atoms with Crippen LogP contribution in [-0.2, 0) is 14.6 Å². The minimum absolute atomic E-state index is 0.0153. The number of hydrogen-bond acceptors (Lipinski definition) is 4. The number of carboxylic acid groups (broad SMARTS) is 1. The summed E-state index contributed by atoms with van der Waals surface area (Å²) >= 11 is 0. The summed E-state index contributed by atoms with van der Waals surface area (Å²) < 4.78 is 22.4. The largest absolute Gasteiger partial charge is 0.480 e. The van der Waals surface area contributed by atoms with Crippen LogP contribution in [0, 0.1) is 5.92 Å². The molecule has 0 aromatic carbocycles. The number of carboxylic acids is 1. The Morgan fingerprint density at radius 2 is 1.84 bits per heavy atom. The number of carbonyl (C=O) groups excluding carboxylic acids is 1. The van der Waals surface area contributed by atoms with E-state index in [0.29, 0.717) is 6.42 Å². The van der Waals surface area contributed by atoms with Crippen molar-refractivity contribution in [2.24, 2.45) is 5.92 Å². The molecule has 0 radical (unpaired) electrons. The minimum atomic E-state index is -3.14. The molecular formula is C11H22N2O5S. The van der Waals surface area contributed by atoms with E-state index < -0.39 is 27.9 Å². The molecule has 0 aromatic heterocycles. The van der Waals surface area contributed by atoms with Gasteiger partial charge in [-0.2, -0.15) is 0 Å².